The van der Waals surface area contributed by atoms with Crippen LogP contribution in [-0.2, 0) is 22.7 Å². The van der Waals surface area contributed by atoms with Crippen molar-refractivity contribution >= 4 is 9.84 Å². The topological polar surface area (TPSA) is 37.4 Å². The molecule has 3 nitrogen and oxygen atoms in total. The van der Waals surface area contributed by atoms with Gasteiger partial charge in [-0.3, -0.25) is 0 Å². The standard InChI is InChI=1S/C21H25NO2S/c1-25(23,24)21-10-7-16(8-11-21)17-4-5-19-15-20(9-6-18(19)14-17)22-12-2-3-13-22/h4-5,7-8,10-11,14,20H,2-3,6,9,12-13,15H2,1H3/t20-/m0/s1. The quantitative estimate of drug-likeness (QED) is 0.842. The van der Waals surface area contributed by atoms with E-state index in [0.717, 1.165) is 18.0 Å². The van der Waals surface area contributed by atoms with Crippen LogP contribution in [0.4, 0.5) is 0 Å². The lowest BCUT2D eigenvalue weighted by atomic mass is 9.85. The number of nitrogens with zero attached hydrogens (tertiary/aromatic N) is 1. The van der Waals surface area contributed by atoms with Crippen molar-refractivity contribution in [3.63, 3.8) is 0 Å². The van der Waals surface area contributed by atoms with Gasteiger partial charge in [0, 0.05) is 12.3 Å². The number of likely N-dealkylation sites (tertiary alicyclic amines) is 1. The average molecular weight is 356 g/mol. The minimum absolute atomic E-state index is 0.377. The number of sulfone groups is 1. The SMILES string of the molecule is CS(=O)(=O)c1ccc(-c2ccc3c(c2)CC[C@H](N2CCCC2)C3)cc1. The fourth-order valence-corrected chi connectivity index (χ4v) is 4.86. The summed E-state index contributed by atoms with van der Waals surface area (Å²) in [6.45, 7) is 2.54. The van der Waals surface area contributed by atoms with E-state index >= 15 is 0 Å². The zero-order valence-corrected chi connectivity index (χ0v) is 15.6. The Kier molecular flexibility index (Phi) is 4.42. The smallest absolute Gasteiger partial charge is 0.175 e. The van der Waals surface area contributed by atoms with Crippen LogP contribution in [0.15, 0.2) is 47.4 Å². The van der Waals surface area contributed by atoms with Crippen molar-refractivity contribution in [2.75, 3.05) is 19.3 Å². The van der Waals surface area contributed by atoms with Gasteiger partial charge in [0.25, 0.3) is 0 Å². The van der Waals surface area contributed by atoms with E-state index in [2.05, 4.69) is 23.1 Å². The molecule has 25 heavy (non-hydrogen) atoms. The predicted molar refractivity (Wildman–Crippen MR) is 102 cm³/mol. The van der Waals surface area contributed by atoms with Crippen molar-refractivity contribution in [3.8, 4) is 11.1 Å². The lowest BCUT2D eigenvalue weighted by molar-refractivity contribution is 0.222. The highest BCUT2D eigenvalue weighted by atomic mass is 32.2. The van der Waals surface area contributed by atoms with Crippen LogP contribution in [0.25, 0.3) is 11.1 Å². The van der Waals surface area contributed by atoms with E-state index < -0.39 is 9.84 Å². The third kappa shape index (κ3) is 3.51. The molecule has 0 bridgehead atoms. The van der Waals surface area contributed by atoms with Gasteiger partial charge in [-0.15, -0.1) is 0 Å². The van der Waals surface area contributed by atoms with E-state index in [4.69, 9.17) is 0 Å². The van der Waals surface area contributed by atoms with Crippen LogP contribution in [0.5, 0.6) is 0 Å². The fourth-order valence-electron chi connectivity index (χ4n) is 4.23. The molecule has 0 amide bonds. The molecule has 0 N–H and O–H groups in total. The van der Waals surface area contributed by atoms with Gasteiger partial charge in [-0.1, -0.05) is 30.3 Å². The summed E-state index contributed by atoms with van der Waals surface area (Å²) in [7, 11) is -3.14. The number of hydrogen-bond acceptors (Lipinski definition) is 3. The highest BCUT2D eigenvalue weighted by Gasteiger charge is 2.26. The maximum absolute atomic E-state index is 11.6. The Morgan fingerprint density at radius 3 is 2.28 bits per heavy atom. The van der Waals surface area contributed by atoms with Gasteiger partial charge < -0.3 is 4.90 Å². The summed E-state index contributed by atoms with van der Waals surface area (Å²) in [4.78, 5) is 3.04. The minimum atomic E-state index is -3.14. The molecule has 0 saturated carbocycles. The van der Waals surface area contributed by atoms with Crippen LogP contribution in [-0.4, -0.2) is 38.7 Å². The Morgan fingerprint density at radius 2 is 1.60 bits per heavy atom. The number of rotatable bonds is 3. The number of hydrogen-bond donors (Lipinski definition) is 0. The lowest BCUT2D eigenvalue weighted by Gasteiger charge is -2.32. The molecule has 0 radical (unpaired) electrons. The molecular weight excluding hydrogens is 330 g/mol. The first-order valence-corrected chi connectivity index (χ1v) is 11.1. The van der Waals surface area contributed by atoms with Gasteiger partial charge >= 0.3 is 0 Å². The first-order valence-electron chi connectivity index (χ1n) is 9.17. The third-order valence-corrected chi connectivity index (χ3v) is 6.81. The second kappa shape index (κ2) is 6.58. The number of aryl methyl sites for hydroxylation is 1. The summed E-state index contributed by atoms with van der Waals surface area (Å²) in [6, 6.07) is 14.7. The number of fused-ring (bicyclic) bond motifs is 1. The van der Waals surface area contributed by atoms with E-state index in [-0.39, 0.29) is 0 Å². The van der Waals surface area contributed by atoms with Crippen LogP contribution < -0.4 is 0 Å². The van der Waals surface area contributed by atoms with Gasteiger partial charge in [0.2, 0.25) is 0 Å². The molecule has 2 aromatic carbocycles. The molecule has 1 fully saturated rings. The van der Waals surface area contributed by atoms with Crippen LogP contribution in [0.2, 0.25) is 0 Å². The van der Waals surface area contributed by atoms with Crippen LogP contribution >= 0.6 is 0 Å². The Bertz CT molecular complexity index is 865. The van der Waals surface area contributed by atoms with E-state index in [0.29, 0.717) is 4.90 Å². The lowest BCUT2D eigenvalue weighted by Crippen LogP contribution is -2.37. The molecule has 132 valence electrons. The Morgan fingerprint density at radius 1 is 0.920 bits per heavy atom. The molecule has 0 spiro atoms. The van der Waals surface area contributed by atoms with Gasteiger partial charge in [-0.25, -0.2) is 8.42 Å². The zero-order chi connectivity index (χ0) is 17.4. The van der Waals surface area contributed by atoms with Gasteiger partial charge in [-0.2, -0.15) is 0 Å². The number of benzene rings is 2. The maximum atomic E-state index is 11.6. The average Bonchev–Trinajstić information content (AvgIpc) is 3.15. The third-order valence-electron chi connectivity index (χ3n) is 5.68. The fraction of sp³-hybridized carbons (Fsp3) is 0.429. The molecule has 2 aromatic rings. The van der Waals surface area contributed by atoms with Crippen molar-refractivity contribution in [1.82, 2.24) is 4.90 Å². The van der Waals surface area contributed by atoms with Crippen molar-refractivity contribution < 1.29 is 8.42 Å². The first-order chi connectivity index (χ1) is 12.0. The molecule has 1 aliphatic heterocycles. The van der Waals surface area contributed by atoms with Crippen LogP contribution in [0.3, 0.4) is 0 Å². The monoisotopic (exact) mass is 355 g/mol. The molecule has 1 atom stereocenters. The normalized spacial score (nSPS) is 21.2. The highest BCUT2D eigenvalue weighted by Crippen LogP contribution is 2.30. The maximum Gasteiger partial charge on any atom is 0.175 e. The Balaban J connectivity index is 1.56. The van der Waals surface area contributed by atoms with Crippen LogP contribution in [0, 0.1) is 0 Å². The molecule has 4 heteroatoms. The second-order valence-electron chi connectivity index (χ2n) is 7.42. The Hall–Kier alpha value is -1.65. The molecule has 1 saturated heterocycles. The van der Waals surface area contributed by atoms with Gasteiger partial charge in [0.05, 0.1) is 4.90 Å². The summed E-state index contributed by atoms with van der Waals surface area (Å²) in [6.07, 6.45) is 7.52. The summed E-state index contributed by atoms with van der Waals surface area (Å²) < 4.78 is 23.2. The molecule has 0 aromatic heterocycles. The largest absolute Gasteiger partial charge is 0.300 e. The summed E-state index contributed by atoms with van der Waals surface area (Å²) in [5, 5.41) is 0. The van der Waals surface area contributed by atoms with Crippen molar-refractivity contribution in [3.05, 3.63) is 53.6 Å². The minimum Gasteiger partial charge on any atom is -0.300 e. The molecule has 2 aliphatic rings. The Labute approximate surface area is 150 Å². The molecule has 0 unspecified atom stereocenters. The zero-order valence-electron chi connectivity index (χ0n) is 14.7. The second-order valence-corrected chi connectivity index (χ2v) is 9.44. The van der Waals surface area contributed by atoms with E-state index in [1.807, 2.05) is 12.1 Å². The summed E-state index contributed by atoms with van der Waals surface area (Å²) in [5.74, 6) is 0. The van der Waals surface area contributed by atoms with Gasteiger partial charge in [0.15, 0.2) is 9.84 Å². The summed E-state index contributed by atoms with van der Waals surface area (Å²) >= 11 is 0. The molecular formula is C21H25NO2S. The van der Waals surface area contributed by atoms with Crippen molar-refractivity contribution in [2.45, 2.75) is 43.0 Å². The van der Waals surface area contributed by atoms with Crippen LogP contribution in [0.1, 0.15) is 30.4 Å². The van der Waals surface area contributed by atoms with E-state index in [9.17, 15) is 8.42 Å². The molecule has 4 rings (SSSR count). The predicted octanol–water partition coefficient (Wildman–Crippen LogP) is 3.71. The van der Waals surface area contributed by atoms with Crippen molar-refractivity contribution in [1.29, 1.82) is 0 Å². The summed E-state index contributed by atoms with van der Waals surface area (Å²) in [5.41, 5.74) is 5.20. The molecule has 1 heterocycles. The molecule has 1 aliphatic carbocycles. The highest BCUT2D eigenvalue weighted by molar-refractivity contribution is 7.90. The van der Waals surface area contributed by atoms with Crippen molar-refractivity contribution in [2.24, 2.45) is 0 Å². The van der Waals surface area contributed by atoms with Gasteiger partial charge in [0.1, 0.15) is 0 Å². The van der Waals surface area contributed by atoms with Gasteiger partial charge in [-0.05, 0) is 79.6 Å². The van der Waals surface area contributed by atoms with E-state index in [1.165, 1.54) is 61.7 Å². The van der Waals surface area contributed by atoms with E-state index in [1.54, 1.807) is 12.1 Å². The first kappa shape index (κ1) is 16.8.